The highest BCUT2D eigenvalue weighted by atomic mass is 32.1. The van der Waals surface area contributed by atoms with Gasteiger partial charge >= 0.3 is 0 Å². The number of carbonyl (C=O) groups excluding carboxylic acids is 1. The molecule has 0 bridgehead atoms. The van der Waals surface area contributed by atoms with Gasteiger partial charge in [-0.3, -0.25) is 20.2 Å². The van der Waals surface area contributed by atoms with Crippen LogP contribution in [-0.2, 0) is 4.79 Å². The van der Waals surface area contributed by atoms with Crippen molar-refractivity contribution < 1.29 is 19.2 Å². The van der Waals surface area contributed by atoms with E-state index in [1.165, 1.54) is 31.4 Å². The second-order valence-corrected chi connectivity index (χ2v) is 6.93. The molecule has 2 aromatic carbocycles. The van der Waals surface area contributed by atoms with Crippen molar-refractivity contribution in [1.82, 2.24) is 4.98 Å². The van der Waals surface area contributed by atoms with Gasteiger partial charge in [-0.2, -0.15) is 5.26 Å². The van der Waals surface area contributed by atoms with Gasteiger partial charge in [0, 0.05) is 12.1 Å². The third-order valence-electron chi connectivity index (χ3n) is 3.97. The summed E-state index contributed by atoms with van der Waals surface area (Å²) in [7, 11) is 1.50. The fraction of sp³-hybridized carbons (Fsp3) is 0.150. The van der Waals surface area contributed by atoms with Crippen molar-refractivity contribution in [3.05, 3.63) is 57.6 Å². The number of nitrogens with zero attached hydrogens (tertiary/aromatic N) is 3. The van der Waals surface area contributed by atoms with Crippen LogP contribution in [0.1, 0.15) is 12.5 Å². The van der Waals surface area contributed by atoms with E-state index in [-0.39, 0.29) is 16.4 Å². The number of hydrogen-bond acceptors (Lipinski definition) is 8. The van der Waals surface area contributed by atoms with E-state index in [1.807, 2.05) is 13.0 Å². The zero-order chi connectivity index (χ0) is 21.7. The highest BCUT2D eigenvalue weighted by Crippen LogP contribution is 2.30. The lowest BCUT2D eigenvalue weighted by atomic mass is 10.1. The molecular weight excluding hydrogens is 408 g/mol. The minimum atomic E-state index is -0.640. The van der Waals surface area contributed by atoms with Crippen LogP contribution in [0.3, 0.4) is 0 Å². The van der Waals surface area contributed by atoms with Crippen LogP contribution in [0.25, 0.3) is 16.3 Å². The number of nitriles is 1. The van der Waals surface area contributed by atoms with E-state index in [4.69, 9.17) is 9.47 Å². The van der Waals surface area contributed by atoms with Crippen LogP contribution in [0.2, 0.25) is 0 Å². The number of non-ortho nitro benzene ring substituents is 1. The summed E-state index contributed by atoms with van der Waals surface area (Å²) in [5.41, 5.74) is 0.902. The normalized spacial score (nSPS) is 11.0. The lowest BCUT2D eigenvalue weighted by molar-refractivity contribution is -0.384. The number of carbonyl (C=O) groups is 1. The summed E-state index contributed by atoms with van der Waals surface area (Å²) in [6.45, 7) is 2.33. The third-order valence-corrected chi connectivity index (χ3v) is 4.90. The van der Waals surface area contributed by atoms with Gasteiger partial charge in [0.2, 0.25) is 0 Å². The number of methoxy groups -OCH3 is 1. The van der Waals surface area contributed by atoms with Gasteiger partial charge in [-0.05, 0) is 36.8 Å². The van der Waals surface area contributed by atoms with E-state index in [2.05, 4.69) is 10.3 Å². The van der Waals surface area contributed by atoms with Gasteiger partial charge in [0.05, 0.1) is 28.9 Å². The molecule has 0 aliphatic rings. The number of nitro groups is 1. The van der Waals surface area contributed by atoms with E-state index in [0.29, 0.717) is 33.9 Å². The lowest BCUT2D eigenvalue weighted by Gasteiger charge is -2.09. The number of amides is 1. The number of hydrogen-bond donors (Lipinski definition) is 1. The molecule has 0 saturated carbocycles. The zero-order valence-electron chi connectivity index (χ0n) is 16.0. The van der Waals surface area contributed by atoms with Gasteiger partial charge in [0.15, 0.2) is 16.6 Å². The van der Waals surface area contributed by atoms with Crippen molar-refractivity contribution in [3.8, 4) is 17.6 Å². The Morgan fingerprint density at radius 2 is 2.13 bits per heavy atom. The smallest absolute Gasteiger partial charge is 0.270 e. The quantitative estimate of drug-likeness (QED) is 0.261. The number of benzene rings is 2. The minimum absolute atomic E-state index is 0.0638. The topological polar surface area (TPSA) is 127 Å². The van der Waals surface area contributed by atoms with Crippen molar-refractivity contribution >= 4 is 44.4 Å². The first-order valence-electron chi connectivity index (χ1n) is 8.74. The summed E-state index contributed by atoms with van der Waals surface area (Å²) in [6, 6.07) is 11.2. The molecule has 30 heavy (non-hydrogen) atoms. The molecule has 1 heterocycles. The largest absolute Gasteiger partial charge is 0.493 e. The number of thiazole rings is 1. The first-order chi connectivity index (χ1) is 14.4. The Balaban J connectivity index is 1.83. The van der Waals surface area contributed by atoms with Crippen LogP contribution < -0.4 is 14.8 Å². The second kappa shape index (κ2) is 9.02. The average molecular weight is 424 g/mol. The van der Waals surface area contributed by atoms with Crippen LogP contribution in [0, 0.1) is 21.4 Å². The first kappa shape index (κ1) is 20.8. The molecule has 152 valence electrons. The molecule has 1 amide bonds. The van der Waals surface area contributed by atoms with E-state index in [0.717, 1.165) is 11.3 Å². The molecule has 0 saturated heterocycles. The average Bonchev–Trinajstić information content (AvgIpc) is 3.14. The highest BCUT2D eigenvalue weighted by molar-refractivity contribution is 7.22. The van der Waals surface area contributed by atoms with Gasteiger partial charge in [-0.25, -0.2) is 4.98 Å². The number of rotatable bonds is 7. The molecule has 0 radical (unpaired) electrons. The third kappa shape index (κ3) is 4.53. The summed E-state index contributed by atoms with van der Waals surface area (Å²) in [5, 5.41) is 23.1. The fourth-order valence-electron chi connectivity index (χ4n) is 2.61. The van der Waals surface area contributed by atoms with E-state index >= 15 is 0 Å². The molecule has 10 heteroatoms. The predicted molar refractivity (Wildman–Crippen MR) is 113 cm³/mol. The summed E-state index contributed by atoms with van der Waals surface area (Å²) in [4.78, 5) is 27.1. The zero-order valence-corrected chi connectivity index (χ0v) is 16.9. The number of nitrogens with one attached hydrogen (secondary N) is 1. The van der Waals surface area contributed by atoms with Crippen molar-refractivity contribution in [1.29, 1.82) is 5.26 Å². The van der Waals surface area contributed by atoms with Crippen molar-refractivity contribution in [2.24, 2.45) is 0 Å². The molecule has 9 nitrogen and oxygen atoms in total. The number of ether oxygens (including phenoxy) is 2. The van der Waals surface area contributed by atoms with Crippen LogP contribution in [0.15, 0.2) is 42.0 Å². The molecule has 0 atom stereocenters. The van der Waals surface area contributed by atoms with E-state index < -0.39 is 10.8 Å². The van der Waals surface area contributed by atoms with Gasteiger partial charge < -0.3 is 9.47 Å². The maximum absolute atomic E-state index is 12.5. The standard InChI is InChI=1S/C20H16N4O5S/c1-3-29-16-7-4-12(9-17(16)28-2)8-13(11-21)19(25)23-20-22-15-6-5-14(24(26)27)10-18(15)30-20/h4-10H,3H2,1-2H3,(H,22,23,25)/b13-8+. The van der Waals surface area contributed by atoms with Gasteiger partial charge in [-0.15, -0.1) is 0 Å². The molecule has 0 fully saturated rings. The Bertz CT molecular complexity index is 1200. The maximum Gasteiger partial charge on any atom is 0.270 e. The predicted octanol–water partition coefficient (Wildman–Crippen LogP) is 4.16. The van der Waals surface area contributed by atoms with E-state index in [9.17, 15) is 20.2 Å². The van der Waals surface area contributed by atoms with Crippen LogP contribution in [0.4, 0.5) is 10.8 Å². The molecule has 0 aliphatic heterocycles. The Labute approximate surface area is 175 Å². The lowest BCUT2D eigenvalue weighted by Crippen LogP contribution is -2.13. The molecule has 3 rings (SSSR count). The fourth-order valence-corrected chi connectivity index (χ4v) is 3.50. The second-order valence-electron chi connectivity index (χ2n) is 5.90. The van der Waals surface area contributed by atoms with E-state index in [1.54, 1.807) is 18.2 Å². The minimum Gasteiger partial charge on any atom is -0.493 e. The number of anilines is 1. The molecule has 0 unspecified atom stereocenters. The summed E-state index contributed by atoms with van der Waals surface area (Å²) < 4.78 is 11.3. The number of nitro benzene ring substituents is 1. The number of fused-ring (bicyclic) bond motifs is 1. The molecule has 0 aliphatic carbocycles. The van der Waals surface area contributed by atoms with Gasteiger partial charge in [-0.1, -0.05) is 17.4 Å². The molecule has 0 spiro atoms. The van der Waals surface area contributed by atoms with Crippen LogP contribution in [0.5, 0.6) is 11.5 Å². The number of aromatic nitrogens is 1. The molecule has 1 N–H and O–H groups in total. The van der Waals surface area contributed by atoms with Gasteiger partial charge in [0.1, 0.15) is 11.6 Å². The summed E-state index contributed by atoms with van der Waals surface area (Å²) >= 11 is 1.08. The SMILES string of the molecule is CCOc1ccc(/C=C(\C#N)C(=O)Nc2nc3ccc([N+](=O)[O-])cc3s2)cc1OC. The van der Waals surface area contributed by atoms with Gasteiger partial charge in [0.25, 0.3) is 11.6 Å². The van der Waals surface area contributed by atoms with Crippen molar-refractivity contribution in [2.75, 3.05) is 19.0 Å². The Hall–Kier alpha value is -3.97. The van der Waals surface area contributed by atoms with Crippen molar-refractivity contribution in [3.63, 3.8) is 0 Å². The Kier molecular flexibility index (Phi) is 6.24. The molecule has 1 aromatic heterocycles. The van der Waals surface area contributed by atoms with Crippen LogP contribution >= 0.6 is 11.3 Å². The molecule has 3 aromatic rings. The first-order valence-corrected chi connectivity index (χ1v) is 9.55. The highest BCUT2D eigenvalue weighted by Gasteiger charge is 2.15. The maximum atomic E-state index is 12.5. The summed E-state index contributed by atoms with van der Waals surface area (Å²) in [6.07, 6.45) is 1.42. The summed E-state index contributed by atoms with van der Waals surface area (Å²) in [5.74, 6) is 0.402. The molecular formula is C20H16N4O5S. The van der Waals surface area contributed by atoms with Crippen molar-refractivity contribution in [2.45, 2.75) is 6.92 Å². The van der Waals surface area contributed by atoms with Crippen LogP contribution in [-0.4, -0.2) is 29.5 Å². The Morgan fingerprint density at radius 1 is 1.33 bits per heavy atom. The monoisotopic (exact) mass is 424 g/mol. The Morgan fingerprint density at radius 3 is 2.80 bits per heavy atom.